The maximum atomic E-state index is 12.8. The van der Waals surface area contributed by atoms with E-state index in [4.69, 9.17) is 0 Å². The first-order chi connectivity index (χ1) is 13.0. The number of hydrogen-bond donors (Lipinski definition) is 1. The summed E-state index contributed by atoms with van der Waals surface area (Å²) < 4.78 is 0. The fourth-order valence-electron chi connectivity index (χ4n) is 4.14. The molecule has 0 aliphatic carbocycles. The molecule has 0 radical (unpaired) electrons. The Morgan fingerprint density at radius 3 is 2.63 bits per heavy atom. The monoisotopic (exact) mass is 373 g/mol. The molecule has 27 heavy (non-hydrogen) atoms. The average Bonchev–Trinajstić information content (AvgIpc) is 2.95. The van der Waals surface area contributed by atoms with Gasteiger partial charge in [-0.05, 0) is 31.9 Å². The van der Waals surface area contributed by atoms with E-state index in [1.54, 1.807) is 9.80 Å². The fraction of sp³-hybridized carbons (Fsp3) is 0.619. The second-order valence-corrected chi connectivity index (χ2v) is 8.04. The summed E-state index contributed by atoms with van der Waals surface area (Å²) in [5.74, 6) is 0.198. The molecule has 1 N–H and O–H groups in total. The maximum absolute atomic E-state index is 12.8. The first-order valence-electron chi connectivity index (χ1n) is 9.96. The number of aryl methyl sites for hydroxylation is 1. The Kier molecular flexibility index (Phi) is 6.50. The van der Waals surface area contributed by atoms with Gasteiger partial charge in [0.05, 0.1) is 13.1 Å². The highest BCUT2D eigenvalue weighted by Crippen LogP contribution is 2.20. The normalized spacial score (nSPS) is 24.3. The second kappa shape index (κ2) is 8.85. The molecule has 0 bridgehead atoms. The minimum absolute atomic E-state index is 0.0902. The molecule has 1 aromatic carbocycles. The van der Waals surface area contributed by atoms with Crippen molar-refractivity contribution >= 4 is 11.8 Å². The minimum atomic E-state index is -1.07. The lowest BCUT2D eigenvalue weighted by molar-refractivity contribution is -0.136. The number of likely N-dealkylation sites (tertiary alicyclic amines) is 1. The molecule has 0 saturated carbocycles. The number of amides is 2. The number of β-amino-alcohol motifs (C(OH)–C–C–N with tert-alkyl or cyclic N) is 1. The van der Waals surface area contributed by atoms with E-state index in [0.29, 0.717) is 45.6 Å². The van der Waals surface area contributed by atoms with Crippen molar-refractivity contribution in [1.82, 2.24) is 14.7 Å². The third kappa shape index (κ3) is 5.53. The number of carbonyl (C=O) groups excluding carboxylic acids is 2. The highest BCUT2D eigenvalue weighted by Gasteiger charge is 2.38. The van der Waals surface area contributed by atoms with Gasteiger partial charge in [0, 0.05) is 39.0 Å². The lowest BCUT2D eigenvalue weighted by atomic mass is 10.0. The molecule has 2 aliphatic heterocycles. The molecule has 6 nitrogen and oxygen atoms in total. The van der Waals surface area contributed by atoms with Gasteiger partial charge in [-0.2, -0.15) is 0 Å². The predicted molar refractivity (Wildman–Crippen MR) is 104 cm³/mol. The summed E-state index contributed by atoms with van der Waals surface area (Å²) in [4.78, 5) is 30.3. The Hall–Kier alpha value is -1.92. The van der Waals surface area contributed by atoms with Crippen molar-refractivity contribution in [3.05, 3.63) is 35.9 Å². The van der Waals surface area contributed by atoms with E-state index in [1.165, 1.54) is 5.56 Å². The van der Waals surface area contributed by atoms with E-state index in [9.17, 15) is 14.7 Å². The van der Waals surface area contributed by atoms with Crippen LogP contribution in [0.3, 0.4) is 0 Å². The van der Waals surface area contributed by atoms with Crippen LogP contribution in [0, 0.1) is 0 Å². The molecular weight excluding hydrogens is 342 g/mol. The van der Waals surface area contributed by atoms with Crippen LogP contribution in [0.5, 0.6) is 0 Å². The zero-order valence-electron chi connectivity index (χ0n) is 16.3. The van der Waals surface area contributed by atoms with Gasteiger partial charge in [0.2, 0.25) is 11.8 Å². The third-order valence-electron chi connectivity index (χ3n) is 5.51. The molecule has 6 heteroatoms. The predicted octanol–water partition coefficient (Wildman–Crippen LogP) is 1.14. The van der Waals surface area contributed by atoms with Crippen LogP contribution in [-0.2, 0) is 16.0 Å². The lowest BCUT2D eigenvalue weighted by Crippen LogP contribution is -2.55. The second-order valence-electron chi connectivity index (χ2n) is 8.04. The molecule has 1 aromatic rings. The molecule has 2 heterocycles. The van der Waals surface area contributed by atoms with Crippen LogP contribution in [0.4, 0.5) is 0 Å². The number of benzene rings is 1. The molecule has 1 atom stereocenters. The third-order valence-corrected chi connectivity index (χ3v) is 5.51. The molecular formula is C21H31N3O3. The fourth-order valence-corrected chi connectivity index (χ4v) is 4.14. The van der Waals surface area contributed by atoms with Crippen molar-refractivity contribution in [1.29, 1.82) is 0 Å². The van der Waals surface area contributed by atoms with Crippen LogP contribution in [-0.4, -0.2) is 83.5 Å². The van der Waals surface area contributed by atoms with Gasteiger partial charge >= 0.3 is 0 Å². The Labute approximate surface area is 161 Å². The highest BCUT2D eigenvalue weighted by atomic mass is 16.3. The van der Waals surface area contributed by atoms with Gasteiger partial charge in [-0.25, -0.2) is 0 Å². The van der Waals surface area contributed by atoms with E-state index in [1.807, 2.05) is 25.2 Å². The highest BCUT2D eigenvalue weighted by molar-refractivity contribution is 5.78. The molecule has 3 rings (SSSR count). The van der Waals surface area contributed by atoms with E-state index < -0.39 is 5.60 Å². The van der Waals surface area contributed by atoms with Crippen LogP contribution >= 0.6 is 0 Å². The summed E-state index contributed by atoms with van der Waals surface area (Å²) in [7, 11) is 1.96. The van der Waals surface area contributed by atoms with Crippen LogP contribution < -0.4 is 0 Å². The SMILES string of the molecule is CN1CCN(C(=O)CCCc2ccccc2)CC(O)(CN2CCCC2=O)C1. The molecule has 2 fully saturated rings. The largest absolute Gasteiger partial charge is 0.385 e. The summed E-state index contributed by atoms with van der Waals surface area (Å²) in [5.41, 5.74) is 0.172. The Bertz CT molecular complexity index is 651. The van der Waals surface area contributed by atoms with Crippen LogP contribution in [0.15, 0.2) is 30.3 Å². The van der Waals surface area contributed by atoms with E-state index >= 15 is 0 Å². The van der Waals surface area contributed by atoms with E-state index in [0.717, 1.165) is 25.8 Å². The van der Waals surface area contributed by atoms with Gasteiger partial charge in [-0.3, -0.25) is 9.59 Å². The Morgan fingerprint density at radius 2 is 1.93 bits per heavy atom. The zero-order chi connectivity index (χ0) is 19.3. The average molecular weight is 373 g/mol. The van der Waals surface area contributed by atoms with Crippen molar-refractivity contribution in [2.75, 3.05) is 46.3 Å². The standard InChI is InChI=1S/C21H31N3O3/c1-22-13-14-24(19(25)10-5-9-18-7-3-2-4-8-18)17-21(27,15-22)16-23-12-6-11-20(23)26/h2-4,7-8,27H,5-6,9-17H2,1H3. The summed E-state index contributed by atoms with van der Waals surface area (Å²) in [5, 5.41) is 11.2. The molecule has 148 valence electrons. The molecule has 2 saturated heterocycles. The lowest BCUT2D eigenvalue weighted by Gasteiger charge is -2.35. The number of nitrogens with zero attached hydrogens (tertiary/aromatic N) is 3. The maximum Gasteiger partial charge on any atom is 0.222 e. The summed E-state index contributed by atoms with van der Waals surface area (Å²) in [6, 6.07) is 10.2. The summed E-state index contributed by atoms with van der Waals surface area (Å²) >= 11 is 0. The quantitative estimate of drug-likeness (QED) is 0.812. The number of carbonyl (C=O) groups is 2. The van der Waals surface area contributed by atoms with Crippen molar-refractivity contribution in [3.8, 4) is 0 Å². The number of hydrogen-bond acceptors (Lipinski definition) is 4. The Balaban J connectivity index is 1.56. The minimum Gasteiger partial charge on any atom is -0.385 e. The van der Waals surface area contributed by atoms with Gasteiger partial charge in [-0.15, -0.1) is 0 Å². The number of rotatable bonds is 6. The molecule has 0 spiro atoms. The number of aliphatic hydroxyl groups is 1. The zero-order valence-corrected chi connectivity index (χ0v) is 16.3. The summed E-state index contributed by atoms with van der Waals surface area (Å²) in [6.45, 7) is 3.15. The van der Waals surface area contributed by atoms with E-state index in [2.05, 4.69) is 17.0 Å². The number of likely N-dealkylation sites (N-methyl/N-ethyl adjacent to an activating group) is 1. The van der Waals surface area contributed by atoms with Gasteiger partial charge in [-0.1, -0.05) is 30.3 Å². The molecule has 2 aliphatic rings. The van der Waals surface area contributed by atoms with Crippen LogP contribution in [0.25, 0.3) is 0 Å². The van der Waals surface area contributed by atoms with Gasteiger partial charge in [0.1, 0.15) is 5.60 Å². The van der Waals surface area contributed by atoms with Crippen molar-refractivity contribution in [2.45, 2.75) is 37.7 Å². The van der Waals surface area contributed by atoms with Crippen molar-refractivity contribution < 1.29 is 14.7 Å². The Morgan fingerprint density at radius 1 is 1.15 bits per heavy atom. The van der Waals surface area contributed by atoms with Gasteiger partial charge in [0.25, 0.3) is 0 Å². The van der Waals surface area contributed by atoms with Crippen molar-refractivity contribution in [3.63, 3.8) is 0 Å². The molecule has 1 unspecified atom stereocenters. The molecule has 0 aromatic heterocycles. The smallest absolute Gasteiger partial charge is 0.222 e. The molecule has 2 amide bonds. The van der Waals surface area contributed by atoms with Crippen molar-refractivity contribution in [2.24, 2.45) is 0 Å². The first kappa shape index (κ1) is 19.8. The first-order valence-corrected chi connectivity index (χ1v) is 9.96. The van der Waals surface area contributed by atoms with Gasteiger partial charge < -0.3 is 19.8 Å². The van der Waals surface area contributed by atoms with Crippen LogP contribution in [0.1, 0.15) is 31.2 Å². The summed E-state index contributed by atoms with van der Waals surface area (Å²) in [6.07, 6.45) is 3.59. The van der Waals surface area contributed by atoms with Gasteiger partial charge in [0.15, 0.2) is 0 Å². The van der Waals surface area contributed by atoms with E-state index in [-0.39, 0.29) is 11.8 Å². The van der Waals surface area contributed by atoms with Crippen LogP contribution in [0.2, 0.25) is 0 Å². The topological polar surface area (TPSA) is 64.1 Å².